The highest BCUT2D eigenvalue weighted by atomic mass is 16.7. The van der Waals surface area contributed by atoms with E-state index in [9.17, 15) is 4.79 Å². The fraction of sp³-hybridized carbons (Fsp3) is 0.0800. The van der Waals surface area contributed by atoms with Crippen LogP contribution in [0.15, 0.2) is 84.9 Å². The van der Waals surface area contributed by atoms with E-state index in [1.54, 1.807) is 0 Å². The van der Waals surface area contributed by atoms with Crippen molar-refractivity contribution in [3.8, 4) is 22.3 Å². The fourth-order valence-electron chi connectivity index (χ4n) is 4.16. The maximum Gasteiger partial charge on any atom is 0.508 e. The Morgan fingerprint density at radius 3 is 2.32 bits per heavy atom. The zero-order valence-electron chi connectivity index (χ0n) is 15.4. The fourth-order valence-corrected chi connectivity index (χ4v) is 4.16. The van der Waals surface area contributed by atoms with Crippen LogP contribution in [0.4, 0.5) is 4.79 Å². The molecule has 28 heavy (non-hydrogen) atoms. The predicted octanol–water partition coefficient (Wildman–Crippen LogP) is 6.36. The highest BCUT2D eigenvalue weighted by Crippen LogP contribution is 2.52. The van der Waals surface area contributed by atoms with E-state index in [1.165, 1.54) is 12.5 Å². The van der Waals surface area contributed by atoms with Gasteiger partial charge in [-0.25, -0.2) is 4.79 Å². The van der Waals surface area contributed by atoms with E-state index < -0.39 is 12.3 Å². The van der Waals surface area contributed by atoms with E-state index in [2.05, 4.69) is 42.5 Å². The highest BCUT2D eigenvalue weighted by molar-refractivity contribution is 6.07. The van der Waals surface area contributed by atoms with Crippen LogP contribution in [0.5, 0.6) is 0 Å². The number of carbonyl (C=O) groups is 1. The molecule has 0 spiro atoms. The number of methoxy groups -OCH3 is 1. The van der Waals surface area contributed by atoms with E-state index in [1.807, 2.05) is 42.5 Å². The van der Waals surface area contributed by atoms with Crippen LogP contribution in [-0.4, -0.2) is 13.3 Å². The summed E-state index contributed by atoms with van der Waals surface area (Å²) >= 11 is 0. The van der Waals surface area contributed by atoms with Gasteiger partial charge in [-0.1, -0.05) is 78.9 Å². The van der Waals surface area contributed by atoms with Crippen molar-refractivity contribution in [2.75, 3.05) is 7.11 Å². The minimum absolute atomic E-state index is 0.481. The Labute approximate surface area is 163 Å². The largest absolute Gasteiger partial charge is 0.508 e. The number of fused-ring (bicyclic) bond motifs is 4. The van der Waals surface area contributed by atoms with E-state index in [0.717, 1.165) is 38.8 Å². The zero-order valence-corrected chi connectivity index (χ0v) is 15.4. The molecule has 0 N–H and O–H groups in total. The van der Waals surface area contributed by atoms with Crippen molar-refractivity contribution >= 4 is 16.9 Å². The lowest BCUT2D eigenvalue weighted by molar-refractivity contribution is 0.0511. The SMILES string of the molecule is COC(=O)OC1c2ccccc2-c2c1cc1ccccc1c2-c1ccccc1. The van der Waals surface area contributed by atoms with Crippen LogP contribution in [-0.2, 0) is 9.47 Å². The molecule has 136 valence electrons. The highest BCUT2D eigenvalue weighted by Gasteiger charge is 2.34. The standard InChI is InChI=1S/C25H18O3/c1-27-25(26)28-24-20-14-8-7-13-19(20)23-21(24)15-17-11-5-6-12-18(17)22(23)16-9-3-2-4-10-16/h2-15,24H,1H3. The average molecular weight is 366 g/mol. The van der Waals surface area contributed by atoms with Crippen LogP contribution < -0.4 is 0 Å². The van der Waals surface area contributed by atoms with Gasteiger partial charge in [-0.15, -0.1) is 0 Å². The Kier molecular flexibility index (Phi) is 3.87. The second-order valence-corrected chi connectivity index (χ2v) is 6.84. The van der Waals surface area contributed by atoms with Crippen molar-refractivity contribution in [2.24, 2.45) is 0 Å². The molecular formula is C25H18O3. The number of ether oxygens (including phenoxy) is 2. The van der Waals surface area contributed by atoms with Crippen LogP contribution in [0, 0.1) is 0 Å². The molecule has 1 aliphatic rings. The van der Waals surface area contributed by atoms with Crippen LogP contribution >= 0.6 is 0 Å². The summed E-state index contributed by atoms with van der Waals surface area (Å²) in [6.07, 6.45) is -1.16. The van der Waals surface area contributed by atoms with Gasteiger partial charge in [-0.05, 0) is 39.1 Å². The summed E-state index contributed by atoms with van der Waals surface area (Å²) < 4.78 is 10.5. The summed E-state index contributed by atoms with van der Waals surface area (Å²) in [5.41, 5.74) is 6.49. The van der Waals surface area contributed by atoms with Crippen molar-refractivity contribution in [3.05, 3.63) is 96.1 Å². The lowest BCUT2D eigenvalue weighted by Crippen LogP contribution is -2.10. The van der Waals surface area contributed by atoms with Crippen molar-refractivity contribution in [2.45, 2.75) is 6.10 Å². The zero-order chi connectivity index (χ0) is 19.1. The number of hydrogen-bond acceptors (Lipinski definition) is 3. The smallest absolute Gasteiger partial charge is 0.438 e. The maximum atomic E-state index is 12.0. The molecule has 0 fully saturated rings. The first-order valence-corrected chi connectivity index (χ1v) is 9.23. The van der Waals surface area contributed by atoms with Crippen LogP contribution in [0.1, 0.15) is 17.2 Å². The maximum absolute atomic E-state index is 12.0. The number of hydrogen-bond donors (Lipinski definition) is 0. The van der Waals surface area contributed by atoms with Crippen molar-refractivity contribution in [1.29, 1.82) is 0 Å². The molecule has 4 aromatic carbocycles. The van der Waals surface area contributed by atoms with Crippen molar-refractivity contribution in [1.82, 2.24) is 0 Å². The monoisotopic (exact) mass is 366 g/mol. The Hall–Kier alpha value is -3.59. The molecule has 1 atom stereocenters. The normalized spacial score (nSPS) is 14.4. The summed E-state index contributed by atoms with van der Waals surface area (Å²) in [7, 11) is 1.33. The van der Waals surface area contributed by atoms with E-state index in [-0.39, 0.29) is 0 Å². The summed E-state index contributed by atoms with van der Waals surface area (Å²) in [6.45, 7) is 0. The summed E-state index contributed by atoms with van der Waals surface area (Å²) in [6, 6.07) is 28.9. The summed E-state index contributed by atoms with van der Waals surface area (Å²) in [4.78, 5) is 12.0. The summed E-state index contributed by atoms with van der Waals surface area (Å²) in [5.74, 6) is 0. The molecule has 0 heterocycles. The lowest BCUT2D eigenvalue weighted by atomic mass is 9.89. The Balaban J connectivity index is 1.88. The number of rotatable bonds is 2. The Morgan fingerprint density at radius 1 is 0.786 bits per heavy atom. The molecule has 0 saturated heterocycles. The minimum Gasteiger partial charge on any atom is -0.438 e. The average Bonchev–Trinajstić information content (AvgIpc) is 3.06. The number of benzene rings is 4. The molecule has 5 rings (SSSR count). The molecule has 0 bridgehead atoms. The van der Waals surface area contributed by atoms with Crippen LogP contribution in [0.3, 0.4) is 0 Å². The molecule has 0 amide bonds. The van der Waals surface area contributed by atoms with E-state index in [0.29, 0.717) is 0 Å². The Bertz CT molecular complexity index is 1200. The van der Waals surface area contributed by atoms with Gasteiger partial charge in [0.2, 0.25) is 0 Å². The van der Waals surface area contributed by atoms with E-state index in [4.69, 9.17) is 9.47 Å². The third-order valence-electron chi connectivity index (χ3n) is 5.32. The molecule has 0 radical (unpaired) electrons. The van der Waals surface area contributed by atoms with Crippen LogP contribution in [0.25, 0.3) is 33.0 Å². The Morgan fingerprint density at radius 2 is 1.50 bits per heavy atom. The molecule has 4 aromatic rings. The van der Waals surface area contributed by atoms with Gasteiger partial charge in [-0.3, -0.25) is 0 Å². The molecule has 0 saturated carbocycles. The third kappa shape index (κ3) is 2.48. The second-order valence-electron chi connectivity index (χ2n) is 6.84. The first-order chi connectivity index (χ1) is 13.8. The van der Waals surface area contributed by atoms with Gasteiger partial charge in [0.25, 0.3) is 0 Å². The molecule has 1 unspecified atom stereocenters. The first-order valence-electron chi connectivity index (χ1n) is 9.23. The van der Waals surface area contributed by atoms with Gasteiger partial charge in [-0.2, -0.15) is 0 Å². The quantitative estimate of drug-likeness (QED) is 0.387. The topological polar surface area (TPSA) is 35.5 Å². The van der Waals surface area contributed by atoms with Crippen molar-refractivity contribution < 1.29 is 14.3 Å². The second kappa shape index (κ2) is 6.54. The van der Waals surface area contributed by atoms with E-state index >= 15 is 0 Å². The van der Waals surface area contributed by atoms with Crippen molar-refractivity contribution in [3.63, 3.8) is 0 Å². The molecule has 0 aliphatic heterocycles. The molecule has 1 aliphatic carbocycles. The minimum atomic E-state index is -0.679. The molecular weight excluding hydrogens is 348 g/mol. The van der Waals surface area contributed by atoms with Gasteiger partial charge in [0, 0.05) is 11.1 Å². The number of carbonyl (C=O) groups excluding carboxylic acids is 1. The van der Waals surface area contributed by atoms with Crippen LogP contribution in [0.2, 0.25) is 0 Å². The lowest BCUT2D eigenvalue weighted by Gasteiger charge is -2.17. The van der Waals surface area contributed by atoms with Gasteiger partial charge in [0.05, 0.1) is 7.11 Å². The van der Waals surface area contributed by atoms with Gasteiger partial charge in [0.15, 0.2) is 6.10 Å². The molecule has 3 nitrogen and oxygen atoms in total. The van der Waals surface area contributed by atoms with Gasteiger partial charge in [0.1, 0.15) is 0 Å². The first kappa shape index (κ1) is 16.6. The molecule has 3 heteroatoms. The predicted molar refractivity (Wildman–Crippen MR) is 110 cm³/mol. The van der Waals surface area contributed by atoms with Gasteiger partial charge >= 0.3 is 6.16 Å². The third-order valence-corrected chi connectivity index (χ3v) is 5.32. The summed E-state index contributed by atoms with van der Waals surface area (Å²) in [5, 5.41) is 2.30. The van der Waals surface area contributed by atoms with Gasteiger partial charge < -0.3 is 9.47 Å². The molecule has 0 aromatic heterocycles.